The van der Waals surface area contributed by atoms with E-state index in [0.717, 1.165) is 29.6 Å². The van der Waals surface area contributed by atoms with E-state index in [1.807, 2.05) is 0 Å². The second kappa shape index (κ2) is 10.8. The van der Waals surface area contributed by atoms with Gasteiger partial charge in [0.25, 0.3) is 0 Å². The molecule has 33 heavy (non-hydrogen) atoms. The van der Waals surface area contributed by atoms with Crippen LogP contribution in [0.25, 0.3) is 0 Å². The van der Waals surface area contributed by atoms with Crippen LogP contribution in [0, 0.1) is 46.8 Å². The molecule has 4 nitrogen and oxygen atoms in total. The lowest BCUT2D eigenvalue weighted by Crippen LogP contribution is -2.56. The summed E-state index contributed by atoms with van der Waals surface area (Å²) >= 11 is 0. The normalized spacial score (nSPS) is 48.1. The minimum absolute atomic E-state index is 0.390. The number of nitrogens with two attached hydrogens (primary N) is 4. The Morgan fingerprint density at radius 2 is 0.970 bits per heavy atom. The minimum Gasteiger partial charge on any atom is -0.328 e. The summed E-state index contributed by atoms with van der Waals surface area (Å²) in [7, 11) is 0. The van der Waals surface area contributed by atoms with Crippen molar-refractivity contribution in [2.24, 2.45) is 69.8 Å². The van der Waals surface area contributed by atoms with Gasteiger partial charge in [0.1, 0.15) is 0 Å². The van der Waals surface area contributed by atoms with E-state index in [9.17, 15) is 0 Å². The van der Waals surface area contributed by atoms with Crippen LogP contribution in [-0.2, 0) is 0 Å². The van der Waals surface area contributed by atoms with Gasteiger partial charge < -0.3 is 22.9 Å². The second-order valence-electron chi connectivity index (χ2n) is 13.4. The highest BCUT2D eigenvalue weighted by molar-refractivity contribution is 5.06. The average molecular weight is 461 g/mol. The van der Waals surface area contributed by atoms with Crippen molar-refractivity contribution in [2.75, 3.05) is 0 Å². The van der Waals surface area contributed by atoms with E-state index in [0.29, 0.717) is 41.4 Å². The molecular formula is C29H56N4. The highest BCUT2D eigenvalue weighted by atomic mass is 14.7. The fourth-order valence-electron chi connectivity index (χ4n) is 9.55. The summed E-state index contributed by atoms with van der Waals surface area (Å²) in [5.41, 5.74) is 26.4. The molecule has 8 N–H and O–H groups in total. The SMILES string of the molecule is CC1CC(C(C)C(C2CCC(N)CC2)(C2CCC(N)CC2)C2CCC(N)C(C)C2)CCC1N. The fraction of sp³-hybridized carbons (Fsp3) is 1.00. The van der Waals surface area contributed by atoms with Crippen LogP contribution >= 0.6 is 0 Å². The lowest BCUT2D eigenvalue weighted by Gasteiger charge is -2.61. The molecule has 4 fully saturated rings. The van der Waals surface area contributed by atoms with Crippen LogP contribution in [0.1, 0.15) is 111 Å². The number of hydrogen-bond donors (Lipinski definition) is 4. The minimum atomic E-state index is 0.390. The largest absolute Gasteiger partial charge is 0.328 e. The monoisotopic (exact) mass is 460 g/mol. The van der Waals surface area contributed by atoms with Gasteiger partial charge in [0, 0.05) is 24.2 Å². The molecule has 0 saturated heterocycles. The molecule has 0 aromatic heterocycles. The topological polar surface area (TPSA) is 104 Å². The predicted octanol–water partition coefficient (Wildman–Crippen LogP) is 5.17. The Balaban J connectivity index is 1.73. The van der Waals surface area contributed by atoms with Gasteiger partial charge in [-0.15, -0.1) is 0 Å². The molecule has 0 aromatic carbocycles. The Bertz CT molecular complexity index is 585. The Labute approximate surface area is 204 Å². The maximum Gasteiger partial charge on any atom is 0.00647 e. The molecular weight excluding hydrogens is 404 g/mol. The molecule has 7 unspecified atom stereocenters. The Kier molecular flexibility index (Phi) is 8.52. The molecule has 0 bridgehead atoms. The zero-order valence-corrected chi connectivity index (χ0v) is 22.1. The van der Waals surface area contributed by atoms with E-state index in [1.54, 1.807) is 0 Å². The molecule has 4 aliphatic rings. The van der Waals surface area contributed by atoms with Crippen LogP contribution in [-0.4, -0.2) is 24.2 Å². The third kappa shape index (κ3) is 5.20. The van der Waals surface area contributed by atoms with Gasteiger partial charge in [0.05, 0.1) is 0 Å². The first-order chi connectivity index (χ1) is 15.7. The molecule has 0 amide bonds. The van der Waals surface area contributed by atoms with E-state index in [4.69, 9.17) is 22.9 Å². The van der Waals surface area contributed by atoms with Gasteiger partial charge in [0.2, 0.25) is 0 Å². The zero-order valence-electron chi connectivity index (χ0n) is 22.1. The maximum absolute atomic E-state index is 6.58. The molecule has 4 rings (SSSR count). The van der Waals surface area contributed by atoms with Crippen molar-refractivity contribution >= 4 is 0 Å². The Hall–Kier alpha value is -0.160. The van der Waals surface area contributed by atoms with Crippen molar-refractivity contribution in [3.8, 4) is 0 Å². The molecule has 0 heterocycles. The summed E-state index contributed by atoms with van der Waals surface area (Å²) in [6, 6.07) is 1.62. The summed E-state index contributed by atoms with van der Waals surface area (Å²) in [6.45, 7) is 7.53. The van der Waals surface area contributed by atoms with E-state index >= 15 is 0 Å². The Morgan fingerprint density at radius 1 is 0.545 bits per heavy atom. The van der Waals surface area contributed by atoms with Crippen molar-refractivity contribution in [1.29, 1.82) is 0 Å². The first-order valence-electron chi connectivity index (χ1n) is 14.8. The summed E-state index contributed by atoms with van der Waals surface area (Å²) in [5.74, 6) is 5.34. The quantitative estimate of drug-likeness (QED) is 0.454. The Morgan fingerprint density at radius 3 is 1.42 bits per heavy atom. The van der Waals surface area contributed by atoms with Crippen molar-refractivity contribution in [2.45, 2.75) is 135 Å². The second-order valence-corrected chi connectivity index (χ2v) is 13.4. The molecule has 0 radical (unpaired) electrons. The van der Waals surface area contributed by atoms with Crippen LogP contribution in [0.2, 0.25) is 0 Å². The van der Waals surface area contributed by atoms with Crippen LogP contribution in [0.15, 0.2) is 0 Å². The number of hydrogen-bond acceptors (Lipinski definition) is 4. The summed E-state index contributed by atoms with van der Waals surface area (Å²) in [5, 5.41) is 0. The van der Waals surface area contributed by atoms with Gasteiger partial charge in [-0.2, -0.15) is 0 Å². The average Bonchev–Trinajstić information content (AvgIpc) is 2.80. The van der Waals surface area contributed by atoms with Gasteiger partial charge >= 0.3 is 0 Å². The third-order valence-corrected chi connectivity index (χ3v) is 11.7. The van der Waals surface area contributed by atoms with Crippen molar-refractivity contribution in [3.05, 3.63) is 0 Å². The van der Waals surface area contributed by atoms with Gasteiger partial charge in [-0.05, 0) is 137 Å². The van der Waals surface area contributed by atoms with Gasteiger partial charge in [-0.25, -0.2) is 0 Å². The van der Waals surface area contributed by atoms with Crippen LogP contribution in [0.3, 0.4) is 0 Å². The molecule has 4 heteroatoms. The highest BCUT2D eigenvalue weighted by Crippen LogP contribution is 2.63. The van der Waals surface area contributed by atoms with Crippen molar-refractivity contribution < 1.29 is 0 Å². The van der Waals surface area contributed by atoms with Crippen LogP contribution in [0.4, 0.5) is 0 Å². The molecule has 192 valence electrons. The molecule has 4 saturated carbocycles. The third-order valence-electron chi connectivity index (χ3n) is 11.7. The van der Waals surface area contributed by atoms with Crippen molar-refractivity contribution in [3.63, 3.8) is 0 Å². The first-order valence-corrected chi connectivity index (χ1v) is 14.8. The smallest absolute Gasteiger partial charge is 0.00647 e. The van der Waals surface area contributed by atoms with Crippen LogP contribution in [0.5, 0.6) is 0 Å². The lowest BCUT2D eigenvalue weighted by atomic mass is 9.44. The van der Waals surface area contributed by atoms with E-state index in [2.05, 4.69) is 20.8 Å². The van der Waals surface area contributed by atoms with E-state index in [-0.39, 0.29) is 0 Å². The van der Waals surface area contributed by atoms with Crippen molar-refractivity contribution in [1.82, 2.24) is 0 Å². The maximum atomic E-state index is 6.58. The van der Waals surface area contributed by atoms with Gasteiger partial charge in [-0.3, -0.25) is 0 Å². The molecule has 0 aromatic rings. The lowest BCUT2D eigenvalue weighted by molar-refractivity contribution is -0.122. The van der Waals surface area contributed by atoms with Crippen LogP contribution < -0.4 is 22.9 Å². The van der Waals surface area contributed by atoms with Gasteiger partial charge in [-0.1, -0.05) is 20.8 Å². The first kappa shape index (κ1) is 25.9. The van der Waals surface area contributed by atoms with Gasteiger partial charge in [0.15, 0.2) is 0 Å². The number of rotatable bonds is 5. The molecule has 7 atom stereocenters. The molecule has 0 aliphatic heterocycles. The summed E-state index contributed by atoms with van der Waals surface area (Å²) < 4.78 is 0. The fourth-order valence-corrected chi connectivity index (χ4v) is 9.55. The summed E-state index contributed by atoms with van der Waals surface area (Å²) in [4.78, 5) is 0. The highest BCUT2D eigenvalue weighted by Gasteiger charge is 2.56. The molecule has 4 aliphatic carbocycles. The predicted molar refractivity (Wildman–Crippen MR) is 140 cm³/mol. The molecule has 0 spiro atoms. The standard InChI is InChI=1S/C29H56N4/c1-18-16-21(4-14-27(18)32)20(3)29(22-5-10-25(30)11-6-22,23-7-12-26(31)13-8-23)24-9-15-28(33)19(2)17-24/h18-28H,4-17,30-33H2,1-3H3. The zero-order chi connectivity index (χ0) is 23.8. The summed E-state index contributed by atoms with van der Waals surface area (Å²) in [6.07, 6.45) is 18.0. The van der Waals surface area contributed by atoms with E-state index in [1.165, 1.54) is 89.9 Å². The van der Waals surface area contributed by atoms with E-state index < -0.39 is 0 Å².